The standard InChI is InChI=1S/C27H34N4O5S/c1-16-10-11-17(2)24(18(16)3)22-13-23(36-15-20(28)14-27(4,5)6)30-26(29-22)31-37(34,35)21-9-7-8-19(12-21)25(32)33/h7-13,20H,14-15,28H2,1-6H3,(H,32,33)(H,29,30,31)/t20-/m1/s1. The summed E-state index contributed by atoms with van der Waals surface area (Å²) in [6, 6.07) is 10.5. The van der Waals surface area contributed by atoms with Gasteiger partial charge in [-0.1, -0.05) is 39.0 Å². The van der Waals surface area contributed by atoms with Gasteiger partial charge in [-0.25, -0.2) is 22.9 Å². The van der Waals surface area contributed by atoms with E-state index in [1.54, 1.807) is 6.07 Å². The van der Waals surface area contributed by atoms with Crippen LogP contribution in [0.2, 0.25) is 0 Å². The summed E-state index contributed by atoms with van der Waals surface area (Å²) < 4.78 is 34.5. The molecule has 2 aromatic carbocycles. The number of sulfonamides is 1. The first-order valence-corrected chi connectivity index (χ1v) is 13.4. The number of carboxylic acid groups (broad SMARTS) is 1. The predicted molar refractivity (Wildman–Crippen MR) is 143 cm³/mol. The van der Waals surface area contributed by atoms with Crippen LogP contribution in [0.5, 0.6) is 5.88 Å². The molecule has 0 aliphatic carbocycles. The van der Waals surface area contributed by atoms with Crippen LogP contribution in [-0.2, 0) is 10.0 Å². The molecule has 3 aromatic rings. The number of carbonyl (C=O) groups is 1. The van der Waals surface area contributed by atoms with Crippen molar-refractivity contribution in [1.29, 1.82) is 0 Å². The minimum absolute atomic E-state index is 0.0146. The number of rotatable bonds is 9. The lowest BCUT2D eigenvalue weighted by molar-refractivity contribution is 0.0696. The van der Waals surface area contributed by atoms with Gasteiger partial charge in [-0.15, -0.1) is 0 Å². The zero-order chi connectivity index (χ0) is 27.5. The van der Waals surface area contributed by atoms with Crippen LogP contribution in [0.3, 0.4) is 0 Å². The summed E-state index contributed by atoms with van der Waals surface area (Å²) in [6.07, 6.45) is 0.723. The predicted octanol–water partition coefficient (Wildman–Crippen LogP) is 4.71. The normalized spacial score (nSPS) is 12.7. The number of hydrogen-bond acceptors (Lipinski definition) is 7. The lowest BCUT2D eigenvalue weighted by Crippen LogP contribution is -2.32. The molecular weight excluding hydrogens is 492 g/mol. The van der Waals surface area contributed by atoms with Gasteiger partial charge in [0.2, 0.25) is 11.8 Å². The molecule has 198 valence electrons. The summed E-state index contributed by atoms with van der Waals surface area (Å²) in [5.41, 5.74) is 10.5. The molecule has 0 saturated heterocycles. The number of aromatic nitrogens is 2. The third-order valence-electron chi connectivity index (χ3n) is 5.84. The van der Waals surface area contributed by atoms with Gasteiger partial charge in [-0.05, 0) is 67.5 Å². The number of anilines is 1. The first-order chi connectivity index (χ1) is 17.2. The summed E-state index contributed by atoms with van der Waals surface area (Å²) in [6.45, 7) is 12.4. The third kappa shape index (κ3) is 7.27. The van der Waals surface area contributed by atoms with Crippen molar-refractivity contribution < 1.29 is 23.1 Å². The number of hydrogen-bond donors (Lipinski definition) is 3. The Morgan fingerprint density at radius 3 is 2.41 bits per heavy atom. The molecule has 0 spiro atoms. The Bertz CT molecular complexity index is 1410. The van der Waals surface area contributed by atoms with Crippen LogP contribution in [0.1, 0.15) is 54.2 Å². The molecule has 10 heteroatoms. The average molecular weight is 527 g/mol. The second-order valence-electron chi connectivity index (χ2n) is 10.4. The summed E-state index contributed by atoms with van der Waals surface area (Å²) in [7, 11) is -4.19. The van der Waals surface area contributed by atoms with Crippen LogP contribution in [0.25, 0.3) is 11.3 Å². The molecule has 37 heavy (non-hydrogen) atoms. The van der Waals surface area contributed by atoms with Crippen molar-refractivity contribution in [3.63, 3.8) is 0 Å². The van der Waals surface area contributed by atoms with Crippen LogP contribution in [0, 0.1) is 26.2 Å². The van der Waals surface area contributed by atoms with Crippen LogP contribution >= 0.6 is 0 Å². The van der Waals surface area contributed by atoms with Crippen LogP contribution < -0.4 is 15.2 Å². The second-order valence-corrected chi connectivity index (χ2v) is 12.1. The Kier molecular flexibility index (Phi) is 8.24. The van der Waals surface area contributed by atoms with Gasteiger partial charge in [-0.2, -0.15) is 4.98 Å². The molecule has 0 bridgehead atoms. The molecular formula is C27H34N4O5S. The van der Waals surface area contributed by atoms with Crippen molar-refractivity contribution >= 4 is 21.9 Å². The number of nitrogens with one attached hydrogen (secondary N) is 1. The van der Waals surface area contributed by atoms with Gasteiger partial charge in [0.1, 0.15) is 6.61 Å². The summed E-state index contributed by atoms with van der Waals surface area (Å²) >= 11 is 0. The fourth-order valence-electron chi connectivity index (χ4n) is 4.03. The minimum Gasteiger partial charge on any atom is -0.478 e. The quantitative estimate of drug-likeness (QED) is 0.363. The molecule has 0 saturated carbocycles. The average Bonchev–Trinajstić information content (AvgIpc) is 2.79. The second kappa shape index (κ2) is 10.9. The first kappa shape index (κ1) is 28.1. The summed E-state index contributed by atoms with van der Waals surface area (Å²) in [4.78, 5) is 19.9. The SMILES string of the molecule is Cc1ccc(C)c(-c2cc(OC[C@H](N)CC(C)(C)C)nc(NS(=O)(=O)c3cccc(C(=O)O)c3)n2)c1C. The lowest BCUT2D eigenvalue weighted by Gasteiger charge is -2.23. The highest BCUT2D eigenvalue weighted by Crippen LogP contribution is 2.31. The van der Waals surface area contributed by atoms with Gasteiger partial charge in [0.15, 0.2) is 0 Å². The fraction of sp³-hybridized carbons (Fsp3) is 0.370. The highest BCUT2D eigenvalue weighted by Gasteiger charge is 2.21. The number of ether oxygens (including phenoxy) is 1. The maximum Gasteiger partial charge on any atom is 0.335 e. The number of benzene rings is 2. The van der Waals surface area contributed by atoms with Crippen molar-refractivity contribution in [2.75, 3.05) is 11.3 Å². The Hall–Kier alpha value is -3.50. The van der Waals surface area contributed by atoms with E-state index in [2.05, 4.69) is 35.5 Å². The summed E-state index contributed by atoms with van der Waals surface area (Å²) in [5, 5.41) is 9.25. The molecule has 3 rings (SSSR count). The van der Waals surface area contributed by atoms with E-state index in [-0.39, 0.29) is 40.4 Å². The molecule has 9 nitrogen and oxygen atoms in total. The highest BCUT2D eigenvalue weighted by molar-refractivity contribution is 7.92. The van der Waals surface area contributed by atoms with Gasteiger partial charge in [-0.3, -0.25) is 0 Å². The number of carboxylic acids is 1. The van der Waals surface area contributed by atoms with Gasteiger partial charge >= 0.3 is 5.97 Å². The number of aryl methyl sites for hydroxylation is 2. The maximum absolute atomic E-state index is 13.1. The molecule has 0 unspecified atom stereocenters. The monoisotopic (exact) mass is 526 g/mol. The third-order valence-corrected chi connectivity index (χ3v) is 7.17. The zero-order valence-electron chi connectivity index (χ0n) is 22.0. The minimum atomic E-state index is -4.19. The van der Waals surface area contributed by atoms with E-state index in [9.17, 15) is 18.3 Å². The van der Waals surface area contributed by atoms with Crippen molar-refractivity contribution in [3.8, 4) is 17.1 Å². The molecule has 1 atom stereocenters. The molecule has 1 heterocycles. The van der Waals surface area contributed by atoms with E-state index in [4.69, 9.17) is 10.5 Å². The van der Waals surface area contributed by atoms with Crippen molar-refractivity contribution in [1.82, 2.24) is 9.97 Å². The van der Waals surface area contributed by atoms with Crippen molar-refractivity contribution in [2.24, 2.45) is 11.1 Å². The highest BCUT2D eigenvalue weighted by atomic mass is 32.2. The van der Waals surface area contributed by atoms with E-state index in [0.717, 1.165) is 34.7 Å². The maximum atomic E-state index is 13.1. The largest absolute Gasteiger partial charge is 0.478 e. The fourth-order valence-corrected chi connectivity index (χ4v) is 5.02. The Balaban J connectivity index is 2.04. The molecule has 4 N–H and O–H groups in total. The summed E-state index contributed by atoms with van der Waals surface area (Å²) in [5.74, 6) is -1.26. The molecule has 0 fully saturated rings. The van der Waals surface area contributed by atoms with Crippen LogP contribution in [0.4, 0.5) is 5.95 Å². The Labute approximate surface area is 218 Å². The van der Waals surface area contributed by atoms with E-state index in [1.807, 2.05) is 32.9 Å². The molecule has 0 aliphatic rings. The smallest absolute Gasteiger partial charge is 0.335 e. The van der Waals surface area contributed by atoms with E-state index in [1.165, 1.54) is 18.2 Å². The molecule has 1 aromatic heterocycles. The number of aromatic carboxylic acids is 1. The van der Waals surface area contributed by atoms with E-state index in [0.29, 0.717) is 5.69 Å². The van der Waals surface area contributed by atoms with E-state index >= 15 is 0 Å². The Morgan fingerprint density at radius 2 is 1.76 bits per heavy atom. The molecule has 0 aliphatic heterocycles. The van der Waals surface area contributed by atoms with Gasteiger partial charge in [0.25, 0.3) is 10.0 Å². The van der Waals surface area contributed by atoms with Crippen molar-refractivity contribution in [3.05, 3.63) is 64.7 Å². The van der Waals surface area contributed by atoms with Gasteiger partial charge in [0, 0.05) is 17.7 Å². The molecule has 0 amide bonds. The first-order valence-electron chi connectivity index (χ1n) is 11.9. The van der Waals surface area contributed by atoms with Crippen LogP contribution in [-0.4, -0.2) is 42.1 Å². The van der Waals surface area contributed by atoms with Crippen molar-refractivity contribution in [2.45, 2.75) is 58.9 Å². The number of nitrogens with zero attached hydrogens (tertiary/aromatic N) is 2. The van der Waals surface area contributed by atoms with Gasteiger partial charge < -0.3 is 15.6 Å². The topological polar surface area (TPSA) is 144 Å². The van der Waals surface area contributed by atoms with E-state index < -0.39 is 16.0 Å². The van der Waals surface area contributed by atoms with Crippen LogP contribution in [0.15, 0.2) is 47.4 Å². The number of nitrogens with two attached hydrogens (primary N) is 1. The Morgan fingerprint density at radius 1 is 1.08 bits per heavy atom. The lowest BCUT2D eigenvalue weighted by atomic mass is 9.89. The zero-order valence-corrected chi connectivity index (χ0v) is 22.8. The van der Waals surface area contributed by atoms with Gasteiger partial charge in [0.05, 0.1) is 16.2 Å². The molecule has 0 radical (unpaired) electrons.